The lowest BCUT2D eigenvalue weighted by molar-refractivity contribution is -0.117. The van der Waals surface area contributed by atoms with E-state index in [2.05, 4.69) is 40.7 Å². The summed E-state index contributed by atoms with van der Waals surface area (Å²) in [5.41, 5.74) is 2.43. The Morgan fingerprint density at radius 1 is 0.964 bits per heavy atom. The zero-order chi connectivity index (χ0) is 20.1. The van der Waals surface area contributed by atoms with Crippen LogP contribution in [0.1, 0.15) is 105 Å². The molecule has 0 aliphatic heterocycles. The first-order valence-electron chi connectivity index (χ1n) is 12.5. The summed E-state index contributed by atoms with van der Waals surface area (Å²) in [7, 11) is 0. The van der Waals surface area contributed by atoms with Gasteiger partial charge in [-0.1, -0.05) is 59.5 Å². The second kappa shape index (κ2) is 7.59. The van der Waals surface area contributed by atoms with E-state index in [0.29, 0.717) is 16.6 Å². The van der Waals surface area contributed by atoms with E-state index in [9.17, 15) is 4.79 Å². The van der Waals surface area contributed by atoms with Crippen LogP contribution >= 0.6 is 0 Å². The van der Waals surface area contributed by atoms with Gasteiger partial charge in [0.15, 0.2) is 5.78 Å². The summed E-state index contributed by atoms with van der Waals surface area (Å²) in [5.74, 6) is 5.79. The second-order valence-electron chi connectivity index (χ2n) is 12.0. The lowest BCUT2D eigenvalue weighted by Crippen LogP contribution is -2.50. The van der Waals surface area contributed by atoms with Crippen molar-refractivity contribution in [2.24, 2.45) is 46.3 Å². The zero-order valence-electron chi connectivity index (χ0n) is 19.2. The van der Waals surface area contributed by atoms with Crippen LogP contribution in [0.15, 0.2) is 11.6 Å². The molecule has 0 radical (unpaired) electrons. The number of allylic oxidation sites excluding steroid dienone is 1. The van der Waals surface area contributed by atoms with Crippen molar-refractivity contribution >= 4 is 5.78 Å². The molecule has 4 aliphatic rings. The molecular weight excluding hydrogens is 340 g/mol. The van der Waals surface area contributed by atoms with E-state index in [1.54, 1.807) is 0 Å². The Bertz CT molecular complexity index is 630. The Kier molecular flexibility index (Phi) is 5.60. The number of carbonyl (C=O) groups excluding carboxylic acids is 1. The van der Waals surface area contributed by atoms with Crippen molar-refractivity contribution in [2.75, 3.05) is 0 Å². The van der Waals surface area contributed by atoms with E-state index >= 15 is 0 Å². The molecule has 0 saturated heterocycles. The van der Waals surface area contributed by atoms with Crippen molar-refractivity contribution in [3.8, 4) is 0 Å². The van der Waals surface area contributed by atoms with Crippen LogP contribution in [0.25, 0.3) is 0 Å². The summed E-state index contributed by atoms with van der Waals surface area (Å²) >= 11 is 0. The number of carbonyl (C=O) groups is 1. The number of hydrogen-bond donors (Lipinski definition) is 0. The topological polar surface area (TPSA) is 17.1 Å². The monoisotopic (exact) mass is 384 g/mol. The van der Waals surface area contributed by atoms with Crippen LogP contribution < -0.4 is 0 Å². The highest BCUT2D eigenvalue weighted by molar-refractivity contribution is 5.91. The van der Waals surface area contributed by atoms with Gasteiger partial charge in [-0.25, -0.2) is 0 Å². The van der Waals surface area contributed by atoms with Gasteiger partial charge < -0.3 is 0 Å². The zero-order valence-corrected chi connectivity index (χ0v) is 19.2. The summed E-state index contributed by atoms with van der Waals surface area (Å²) in [6.07, 6.45) is 16.6. The minimum atomic E-state index is 0.332. The molecule has 1 heteroatoms. The fourth-order valence-electron chi connectivity index (χ4n) is 8.58. The molecule has 1 nitrogen and oxygen atoms in total. The normalized spacial score (nSPS) is 43.9. The van der Waals surface area contributed by atoms with Gasteiger partial charge in [-0.05, 0) is 97.4 Å². The number of fused-ring (bicyclic) bond motifs is 5. The molecule has 0 amide bonds. The van der Waals surface area contributed by atoms with E-state index < -0.39 is 0 Å². The smallest absolute Gasteiger partial charge is 0.155 e. The van der Waals surface area contributed by atoms with Crippen molar-refractivity contribution in [3.63, 3.8) is 0 Å². The SMILES string of the molecule is CC(C)CCC[C@@H](C)C1CCC2C3CCC4=CC(=O)CC[C@]4(C)C3CC[C@@]21C. The maximum absolute atomic E-state index is 12.0. The summed E-state index contributed by atoms with van der Waals surface area (Å²) in [6.45, 7) is 12.5. The number of ketones is 1. The minimum absolute atomic E-state index is 0.332. The molecule has 0 spiro atoms. The highest BCUT2D eigenvalue weighted by Gasteiger charge is 2.59. The van der Waals surface area contributed by atoms with Gasteiger partial charge in [-0.15, -0.1) is 0 Å². The number of rotatable bonds is 5. The average molecular weight is 385 g/mol. The quantitative estimate of drug-likeness (QED) is 0.477. The van der Waals surface area contributed by atoms with Crippen molar-refractivity contribution in [3.05, 3.63) is 11.6 Å². The van der Waals surface area contributed by atoms with E-state index in [4.69, 9.17) is 0 Å². The molecule has 0 aromatic carbocycles. The predicted octanol–water partition coefficient (Wildman–Crippen LogP) is 7.60. The molecular formula is C27H44O. The first-order chi connectivity index (χ1) is 13.3. The molecule has 7 atom stereocenters. The second-order valence-corrected chi connectivity index (χ2v) is 12.0. The van der Waals surface area contributed by atoms with Gasteiger partial charge in [-0.2, -0.15) is 0 Å². The van der Waals surface area contributed by atoms with Crippen LogP contribution in [-0.2, 0) is 4.79 Å². The Hall–Kier alpha value is -0.590. The molecule has 4 rings (SSSR count). The molecule has 0 aromatic heterocycles. The molecule has 0 heterocycles. The maximum Gasteiger partial charge on any atom is 0.155 e. The fraction of sp³-hybridized carbons (Fsp3) is 0.889. The predicted molar refractivity (Wildman–Crippen MR) is 118 cm³/mol. The van der Waals surface area contributed by atoms with Crippen LogP contribution in [0, 0.1) is 46.3 Å². The molecule has 158 valence electrons. The van der Waals surface area contributed by atoms with Gasteiger partial charge >= 0.3 is 0 Å². The van der Waals surface area contributed by atoms with Crippen LogP contribution in [0.2, 0.25) is 0 Å². The summed E-state index contributed by atoms with van der Waals surface area (Å²) in [4.78, 5) is 12.0. The maximum atomic E-state index is 12.0. The summed E-state index contributed by atoms with van der Waals surface area (Å²) < 4.78 is 0. The van der Waals surface area contributed by atoms with Gasteiger partial charge in [0.1, 0.15) is 0 Å². The Morgan fingerprint density at radius 3 is 2.50 bits per heavy atom. The van der Waals surface area contributed by atoms with Crippen LogP contribution in [0.5, 0.6) is 0 Å². The molecule has 28 heavy (non-hydrogen) atoms. The van der Waals surface area contributed by atoms with E-state index in [1.807, 2.05) is 0 Å². The van der Waals surface area contributed by atoms with Gasteiger partial charge in [-0.3, -0.25) is 4.79 Å². The van der Waals surface area contributed by atoms with Crippen molar-refractivity contribution in [1.82, 2.24) is 0 Å². The highest BCUT2D eigenvalue weighted by atomic mass is 16.1. The lowest BCUT2D eigenvalue weighted by atomic mass is 9.46. The fourth-order valence-corrected chi connectivity index (χ4v) is 8.58. The Balaban J connectivity index is 1.49. The van der Waals surface area contributed by atoms with Gasteiger partial charge in [0.05, 0.1) is 0 Å². The lowest BCUT2D eigenvalue weighted by Gasteiger charge is -2.58. The van der Waals surface area contributed by atoms with Gasteiger partial charge in [0.25, 0.3) is 0 Å². The van der Waals surface area contributed by atoms with Gasteiger partial charge in [0, 0.05) is 6.42 Å². The number of hydrogen-bond acceptors (Lipinski definition) is 1. The third kappa shape index (κ3) is 3.33. The summed E-state index contributed by atoms with van der Waals surface area (Å²) in [6, 6.07) is 0. The molecule has 4 aliphatic carbocycles. The van der Waals surface area contributed by atoms with Crippen LogP contribution in [0.3, 0.4) is 0 Å². The molecule has 3 saturated carbocycles. The van der Waals surface area contributed by atoms with Crippen molar-refractivity contribution < 1.29 is 4.79 Å². The average Bonchev–Trinajstić information content (AvgIpc) is 2.99. The third-order valence-electron chi connectivity index (χ3n) is 10.2. The Morgan fingerprint density at radius 2 is 1.75 bits per heavy atom. The molecule has 0 aromatic rings. The molecule has 3 fully saturated rings. The van der Waals surface area contributed by atoms with Gasteiger partial charge in [0.2, 0.25) is 0 Å². The minimum Gasteiger partial charge on any atom is -0.295 e. The highest BCUT2D eigenvalue weighted by Crippen LogP contribution is 2.67. The Labute approximate surface area is 174 Å². The largest absolute Gasteiger partial charge is 0.295 e. The first kappa shape index (κ1) is 20.7. The van der Waals surface area contributed by atoms with E-state index in [1.165, 1.54) is 63.4 Å². The van der Waals surface area contributed by atoms with E-state index in [-0.39, 0.29) is 0 Å². The van der Waals surface area contributed by atoms with Crippen LogP contribution in [0.4, 0.5) is 0 Å². The first-order valence-corrected chi connectivity index (χ1v) is 12.5. The van der Waals surface area contributed by atoms with Crippen molar-refractivity contribution in [2.45, 2.75) is 105 Å². The third-order valence-corrected chi connectivity index (χ3v) is 10.2. The van der Waals surface area contributed by atoms with E-state index in [0.717, 1.165) is 48.3 Å². The molecule has 0 N–H and O–H groups in total. The molecule has 0 bridgehead atoms. The van der Waals surface area contributed by atoms with Crippen molar-refractivity contribution in [1.29, 1.82) is 0 Å². The van der Waals surface area contributed by atoms with Crippen LogP contribution in [-0.4, -0.2) is 5.78 Å². The summed E-state index contributed by atoms with van der Waals surface area (Å²) in [5, 5.41) is 0. The molecule has 4 unspecified atom stereocenters. The standard InChI is InChI=1S/C27H44O/c1-18(2)7-6-8-19(3)23-11-12-24-22-10-9-20-17-21(28)13-15-26(20,4)25(22)14-16-27(23,24)5/h17-19,22-25H,6-16H2,1-5H3/t19-,22?,23?,24?,25?,26+,27-/m1/s1.